The minimum Gasteiger partial charge on any atom is -0.403 e. The SMILES string of the molecule is CC(C)(C)[Si](OCc1ccc(C=O)cc1Cl)(c1ccccc1)c1ccccc1. The van der Waals surface area contributed by atoms with Crippen molar-refractivity contribution in [2.75, 3.05) is 0 Å². The van der Waals surface area contributed by atoms with Crippen LogP contribution in [0.3, 0.4) is 0 Å². The molecule has 3 rings (SSSR count). The minimum absolute atomic E-state index is 0.0923. The van der Waals surface area contributed by atoms with Gasteiger partial charge in [0.25, 0.3) is 8.32 Å². The van der Waals surface area contributed by atoms with Gasteiger partial charge in [0.15, 0.2) is 0 Å². The van der Waals surface area contributed by atoms with E-state index in [4.69, 9.17) is 16.0 Å². The van der Waals surface area contributed by atoms with Gasteiger partial charge in [0.1, 0.15) is 6.29 Å². The fourth-order valence-corrected chi connectivity index (χ4v) is 8.47. The minimum atomic E-state index is -2.61. The van der Waals surface area contributed by atoms with Crippen molar-refractivity contribution in [3.8, 4) is 0 Å². The standard InChI is InChI=1S/C24H25ClO2Si/c1-24(2,3)28(21-10-6-4-7-11-21,22-12-8-5-9-13-22)27-18-20-15-14-19(17-26)16-23(20)25/h4-17H,18H2,1-3H3. The topological polar surface area (TPSA) is 26.3 Å². The van der Waals surface area contributed by atoms with Crippen molar-refractivity contribution in [3.63, 3.8) is 0 Å². The summed E-state index contributed by atoms with van der Waals surface area (Å²) in [7, 11) is -2.61. The van der Waals surface area contributed by atoms with Gasteiger partial charge >= 0.3 is 0 Å². The molecular formula is C24H25ClO2Si. The first kappa shape index (κ1) is 20.5. The Kier molecular flexibility index (Phi) is 6.19. The molecule has 3 aromatic rings. The third kappa shape index (κ3) is 3.97. The van der Waals surface area contributed by atoms with Gasteiger partial charge in [0, 0.05) is 10.6 Å². The molecule has 0 spiro atoms. The first-order valence-corrected chi connectivity index (χ1v) is 11.7. The van der Waals surface area contributed by atoms with Crippen LogP contribution in [0.4, 0.5) is 0 Å². The Morgan fingerprint density at radius 3 is 1.86 bits per heavy atom. The molecule has 0 aliphatic heterocycles. The first-order chi connectivity index (χ1) is 13.4. The summed E-state index contributed by atoms with van der Waals surface area (Å²) in [5, 5.41) is 2.93. The Hall–Kier alpha value is -2.20. The molecular weight excluding hydrogens is 384 g/mol. The van der Waals surface area contributed by atoms with Crippen LogP contribution in [0.5, 0.6) is 0 Å². The van der Waals surface area contributed by atoms with E-state index < -0.39 is 8.32 Å². The molecule has 0 fully saturated rings. The van der Waals surface area contributed by atoms with Crippen LogP contribution in [0, 0.1) is 0 Å². The third-order valence-electron chi connectivity index (χ3n) is 5.07. The van der Waals surface area contributed by atoms with E-state index in [1.165, 1.54) is 10.4 Å². The van der Waals surface area contributed by atoms with Crippen LogP contribution >= 0.6 is 11.6 Å². The van der Waals surface area contributed by atoms with Crippen LogP contribution in [0.1, 0.15) is 36.7 Å². The van der Waals surface area contributed by atoms with Crippen LogP contribution in [0.2, 0.25) is 10.1 Å². The Balaban J connectivity index is 2.10. The second-order valence-electron chi connectivity index (χ2n) is 7.92. The number of carbonyl (C=O) groups is 1. The predicted molar refractivity (Wildman–Crippen MR) is 119 cm³/mol. The highest BCUT2D eigenvalue weighted by Crippen LogP contribution is 2.37. The molecule has 0 radical (unpaired) electrons. The van der Waals surface area contributed by atoms with Crippen molar-refractivity contribution in [3.05, 3.63) is 95.0 Å². The quantitative estimate of drug-likeness (QED) is 0.412. The monoisotopic (exact) mass is 408 g/mol. The second-order valence-corrected chi connectivity index (χ2v) is 12.6. The number of hydrogen-bond donors (Lipinski definition) is 0. The van der Waals surface area contributed by atoms with Crippen LogP contribution < -0.4 is 10.4 Å². The molecule has 0 amide bonds. The fraction of sp³-hybridized carbons (Fsp3) is 0.208. The number of rotatable bonds is 6. The largest absolute Gasteiger partial charge is 0.403 e. The Morgan fingerprint density at radius 1 is 0.893 bits per heavy atom. The second kappa shape index (κ2) is 8.44. The highest BCUT2D eigenvalue weighted by Gasteiger charge is 2.50. The van der Waals surface area contributed by atoms with Crippen molar-refractivity contribution in [2.24, 2.45) is 0 Å². The molecule has 0 saturated carbocycles. The van der Waals surface area contributed by atoms with Crippen molar-refractivity contribution < 1.29 is 9.22 Å². The molecule has 0 bridgehead atoms. The van der Waals surface area contributed by atoms with Crippen LogP contribution in [-0.4, -0.2) is 14.6 Å². The molecule has 0 heterocycles. The number of aldehydes is 1. The molecule has 144 valence electrons. The molecule has 2 nitrogen and oxygen atoms in total. The van der Waals surface area contributed by atoms with Gasteiger partial charge in [0.2, 0.25) is 0 Å². The van der Waals surface area contributed by atoms with E-state index in [-0.39, 0.29) is 5.04 Å². The molecule has 28 heavy (non-hydrogen) atoms. The van der Waals surface area contributed by atoms with E-state index in [1.54, 1.807) is 12.1 Å². The summed E-state index contributed by atoms with van der Waals surface area (Å²) < 4.78 is 6.87. The maximum atomic E-state index is 11.0. The van der Waals surface area contributed by atoms with Gasteiger partial charge in [-0.1, -0.05) is 105 Å². The normalized spacial score (nSPS) is 12.0. The zero-order chi connectivity index (χ0) is 20.2. The van der Waals surface area contributed by atoms with Crippen LogP contribution in [0.25, 0.3) is 0 Å². The summed E-state index contributed by atoms with van der Waals surface area (Å²) >= 11 is 6.42. The smallest absolute Gasteiger partial charge is 0.261 e. The molecule has 3 aromatic carbocycles. The molecule has 0 N–H and O–H groups in total. The molecule has 0 saturated heterocycles. The fourth-order valence-electron chi connectivity index (χ4n) is 3.70. The molecule has 4 heteroatoms. The van der Waals surface area contributed by atoms with Gasteiger partial charge in [0.05, 0.1) is 6.61 Å². The molecule has 0 atom stereocenters. The van der Waals surface area contributed by atoms with E-state index in [2.05, 4.69) is 69.3 Å². The molecule has 0 aliphatic rings. The number of halogens is 1. The van der Waals surface area contributed by atoms with Crippen molar-refractivity contribution in [1.82, 2.24) is 0 Å². The summed E-state index contributed by atoms with van der Waals surface area (Å²) in [6.45, 7) is 7.13. The van der Waals surface area contributed by atoms with E-state index in [0.29, 0.717) is 17.2 Å². The molecule has 0 aromatic heterocycles. The van der Waals surface area contributed by atoms with E-state index in [1.807, 2.05) is 18.2 Å². The lowest BCUT2D eigenvalue weighted by atomic mass is 10.1. The molecule has 0 unspecified atom stereocenters. The Morgan fingerprint density at radius 2 is 1.43 bits per heavy atom. The Bertz CT molecular complexity index is 894. The average molecular weight is 409 g/mol. The van der Waals surface area contributed by atoms with Gasteiger partial charge in [-0.05, 0) is 27.0 Å². The van der Waals surface area contributed by atoms with Gasteiger partial charge < -0.3 is 4.43 Å². The van der Waals surface area contributed by atoms with E-state index >= 15 is 0 Å². The summed E-state index contributed by atoms with van der Waals surface area (Å²) in [5.74, 6) is 0. The number of benzene rings is 3. The number of carbonyl (C=O) groups excluding carboxylic acids is 1. The van der Waals surface area contributed by atoms with Crippen molar-refractivity contribution in [2.45, 2.75) is 32.4 Å². The predicted octanol–water partition coefficient (Wildman–Crippen LogP) is 5.23. The lowest BCUT2D eigenvalue weighted by Crippen LogP contribution is -2.66. The average Bonchev–Trinajstić information content (AvgIpc) is 2.70. The third-order valence-corrected chi connectivity index (χ3v) is 10.4. The van der Waals surface area contributed by atoms with Crippen molar-refractivity contribution >= 4 is 36.6 Å². The Labute approximate surface area is 173 Å². The van der Waals surface area contributed by atoms with Gasteiger partial charge in [-0.15, -0.1) is 0 Å². The number of hydrogen-bond acceptors (Lipinski definition) is 2. The van der Waals surface area contributed by atoms with Gasteiger partial charge in [-0.25, -0.2) is 0 Å². The summed E-state index contributed by atoms with van der Waals surface area (Å²) in [6.07, 6.45) is 0.804. The first-order valence-electron chi connectivity index (χ1n) is 9.37. The van der Waals surface area contributed by atoms with Crippen LogP contribution in [-0.2, 0) is 11.0 Å². The highest BCUT2D eigenvalue weighted by atomic mass is 35.5. The highest BCUT2D eigenvalue weighted by molar-refractivity contribution is 6.99. The lowest BCUT2D eigenvalue weighted by Gasteiger charge is -2.43. The van der Waals surface area contributed by atoms with Crippen molar-refractivity contribution in [1.29, 1.82) is 0 Å². The maximum Gasteiger partial charge on any atom is 0.261 e. The maximum absolute atomic E-state index is 11.0. The van der Waals surface area contributed by atoms with Gasteiger partial charge in [-0.2, -0.15) is 0 Å². The lowest BCUT2D eigenvalue weighted by molar-refractivity contribution is 0.112. The summed E-state index contributed by atoms with van der Waals surface area (Å²) in [4.78, 5) is 11.0. The van der Waals surface area contributed by atoms with E-state index in [9.17, 15) is 4.79 Å². The molecule has 0 aliphatic carbocycles. The zero-order valence-corrected chi connectivity index (χ0v) is 18.2. The summed E-state index contributed by atoms with van der Waals surface area (Å²) in [5.41, 5.74) is 1.46. The summed E-state index contributed by atoms with van der Waals surface area (Å²) in [6, 6.07) is 26.4. The zero-order valence-electron chi connectivity index (χ0n) is 16.5. The van der Waals surface area contributed by atoms with E-state index in [0.717, 1.165) is 11.8 Å². The van der Waals surface area contributed by atoms with Crippen LogP contribution in [0.15, 0.2) is 78.9 Å². The van der Waals surface area contributed by atoms with Gasteiger partial charge in [-0.3, -0.25) is 4.79 Å².